The molecule has 0 fully saturated rings. The van der Waals surface area contributed by atoms with Crippen molar-refractivity contribution in [1.82, 2.24) is 19.6 Å². The first-order valence-corrected chi connectivity index (χ1v) is 8.65. The van der Waals surface area contributed by atoms with Crippen LogP contribution in [-0.2, 0) is 6.42 Å². The van der Waals surface area contributed by atoms with Crippen LogP contribution < -0.4 is 11.1 Å². The SMILES string of the molecule is Cc1cnn2c(NCCc3ccc(N)cc3)cc(-c3cncc(F)c3)nc12. The van der Waals surface area contributed by atoms with Gasteiger partial charge in [-0.3, -0.25) is 4.98 Å². The summed E-state index contributed by atoms with van der Waals surface area (Å²) < 4.78 is 15.3. The Kier molecular flexibility index (Phi) is 4.42. The van der Waals surface area contributed by atoms with E-state index < -0.39 is 5.82 Å². The Morgan fingerprint density at radius 2 is 1.93 bits per heavy atom. The van der Waals surface area contributed by atoms with Crippen molar-refractivity contribution in [1.29, 1.82) is 0 Å². The fourth-order valence-corrected chi connectivity index (χ4v) is 2.92. The number of anilines is 2. The van der Waals surface area contributed by atoms with E-state index >= 15 is 0 Å². The second kappa shape index (κ2) is 7.03. The van der Waals surface area contributed by atoms with Gasteiger partial charge in [0.15, 0.2) is 5.65 Å². The third-order valence-corrected chi connectivity index (χ3v) is 4.35. The highest BCUT2D eigenvalue weighted by atomic mass is 19.1. The second-order valence-corrected chi connectivity index (χ2v) is 6.40. The highest BCUT2D eigenvalue weighted by molar-refractivity contribution is 5.67. The standard InChI is InChI=1S/C20H19FN6/c1-13-10-25-27-19(24-7-6-14-2-4-17(22)5-3-14)9-18(26-20(13)27)15-8-16(21)12-23-11-15/h2-5,8-12,24H,6-7,22H2,1H3. The van der Waals surface area contributed by atoms with Crippen molar-refractivity contribution in [2.24, 2.45) is 0 Å². The molecule has 0 aliphatic carbocycles. The molecule has 4 rings (SSSR count). The third kappa shape index (κ3) is 3.57. The van der Waals surface area contributed by atoms with Crippen LogP contribution in [0.25, 0.3) is 16.9 Å². The van der Waals surface area contributed by atoms with Crippen LogP contribution in [0.3, 0.4) is 0 Å². The first kappa shape index (κ1) is 17.0. The highest BCUT2D eigenvalue weighted by Crippen LogP contribution is 2.23. The number of nitrogen functional groups attached to an aromatic ring is 1. The number of nitrogens with one attached hydrogen (secondary N) is 1. The van der Waals surface area contributed by atoms with Gasteiger partial charge in [-0.1, -0.05) is 12.1 Å². The Hall–Kier alpha value is -3.48. The van der Waals surface area contributed by atoms with E-state index in [0.717, 1.165) is 29.1 Å². The molecule has 1 aromatic carbocycles. The molecule has 0 bridgehead atoms. The lowest BCUT2D eigenvalue weighted by molar-refractivity contribution is 0.622. The molecular formula is C20H19FN6. The average Bonchev–Trinajstić information content (AvgIpc) is 3.04. The molecule has 0 aliphatic heterocycles. The van der Waals surface area contributed by atoms with Crippen LogP contribution in [0.15, 0.2) is 55.0 Å². The van der Waals surface area contributed by atoms with Crippen molar-refractivity contribution in [2.45, 2.75) is 13.3 Å². The summed E-state index contributed by atoms with van der Waals surface area (Å²) in [7, 11) is 0. The molecule has 0 atom stereocenters. The number of nitrogens with two attached hydrogens (primary N) is 1. The van der Waals surface area contributed by atoms with Gasteiger partial charge >= 0.3 is 0 Å². The Morgan fingerprint density at radius 3 is 2.70 bits per heavy atom. The molecule has 7 heteroatoms. The highest BCUT2D eigenvalue weighted by Gasteiger charge is 2.11. The van der Waals surface area contributed by atoms with E-state index in [2.05, 4.69) is 20.4 Å². The van der Waals surface area contributed by atoms with E-state index in [4.69, 9.17) is 5.73 Å². The van der Waals surface area contributed by atoms with E-state index in [0.29, 0.717) is 17.8 Å². The Bertz CT molecular complexity index is 1090. The number of hydrogen-bond acceptors (Lipinski definition) is 5. The van der Waals surface area contributed by atoms with Gasteiger partial charge in [-0.2, -0.15) is 9.61 Å². The van der Waals surface area contributed by atoms with Crippen LogP contribution in [-0.4, -0.2) is 26.1 Å². The Morgan fingerprint density at radius 1 is 1.11 bits per heavy atom. The van der Waals surface area contributed by atoms with E-state index in [9.17, 15) is 4.39 Å². The fraction of sp³-hybridized carbons (Fsp3) is 0.150. The first-order chi connectivity index (χ1) is 13.1. The molecule has 0 radical (unpaired) electrons. The zero-order valence-corrected chi connectivity index (χ0v) is 14.9. The van der Waals surface area contributed by atoms with Crippen LogP contribution in [0.1, 0.15) is 11.1 Å². The summed E-state index contributed by atoms with van der Waals surface area (Å²) >= 11 is 0. The summed E-state index contributed by atoms with van der Waals surface area (Å²) in [6.07, 6.45) is 5.38. The summed E-state index contributed by atoms with van der Waals surface area (Å²) in [5, 5.41) is 7.80. The van der Waals surface area contributed by atoms with Gasteiger partial charge in [0.2, 0.25) is 0 Å². The lowest BCUT2D eigenvalue weighted by Crippen LogP contribution is -2.10. The fourth-order valence-electron chi connectivity index (χ4n) is 2.92. The number of halogens is 1. The van der Waals surface area contributed by atoms with Gasteiger partial charge in [0.25, 0.3) is 0 Å². The molecule has 6 nitrogen and oxygen atoms in total. The van der Waals surface area contributed by atoms with Crippen molar-refractivity contribution in [2.75, 3.05) is 17.6 Å². The van der Waals surface area contributed by atoms with E-state index in [1.807, 2.05) is 37.3 Å². The van der Waals surface area contributed by atoms with Crippen molar-refractivity contribution in [3.8, 4) is 11.3 Å². The summed E-state index contributed by atoms with van der Waals surface area (Å²) in [5.41, 5.74) is 10.6. The zero-order valence-electron chi connectivity index (χ0n) is 14.9. The van der Waals surface area contributed by atoms with Crippen LogP contribution >= 0.6 is 0 Å². The second-order valence-electron chi connectivity index (χ2n) is 6.40. The van der Waals surface area contributed by atoms with Crippen molar-refractivity contribution >= 4 is 17.2 Å². The Labute approximate surface area is 155 Å². The van der Waals surface area contributed by atoms with Gasteiger partial charge in [-0.25, -0.2) is 9.37 Å². The molecule has 136 valence electrons. The van der Waals surface area contributed by atoms with E-state index in [1.165, 1.54) is 17.8 Å². The van der Waals surface area contributed by atoms with Crippen molar-refractivity contribution in [3.05, 3.63) is 71.9 Å². The van der Waals surface area contributed by atoms with Gasteiger partial charge in [-0.15, -0.1) is 0 Å². The van der Waals surface area contributed by atoms with Gasteiger partial charge < -0.3 is 11.1 Å². The molecule has 4 aromatic rings. The molecule has 0 saturated carbocycles. The normalized spacial score (nSPS) is 11.0. The Balaban J connectivity index is 1.63. The zero-order chi connectivity index (χ0) is 18.8. The number of fused-ring (bicyclic) bond motifs is 1. The van der Waals surface area contributed by atoms with Gasteiger partial charge in [0, 0.05) is 35.6 Å². The summed E-state index contributed by atoms with van der Waals surface area (Å²) in [6, 6.07) is 11.1. The topological polar surface area (TPSA) is 81.1 Å². The quantitative estimate of drug-likeness (QED) is 0.531. The number of benzene rings is 1. The molecule has 0 aliphatic rings. The van der Waals surface area contributed by atoms with Gasteiger partial charge in [0.1, 0.15) is 11.6 Å². The molecule has 0 unspecified atom stereocenters. The predicted molar refractivity (Wildman–Crippen MR) is 104 cm³/mol. The van der Waals surface area contributed by atoms with Crippen LogP contribution in [0.5, 0.6) is 0 Å². The molecule has 27 heavy (non-hydrogen) atoms. The maximum absolute atomic E-state index is 13.6. The molecule has 3 aromatic heterocycles. The van der Waals surface area contributed by atoms with Crippen LogP contribution in [0.4, 0.5) is 15.9 Å². The number of rotatable bonds is 5. The number of nitrogens with zero attached hydrogens (tertiary/aromatic N) is 4. The molecule has 3 N–H and O–H groups in total. The summed E-state index contributed by atoms with van der Waals surface area (Å²) in [5.74, 6) is 0.403. The third-order valence-electron chi connectivity index (χ3n) is 4.35. The molecule has 0 saturated heterocycles. The minimum absolute atomic E-state index is 0.391. The maximum Gasteiger partial charge on any atom is 0.160 e. The monoisotopic (exact) mass is 362 g/mol. The average molecular weight is 362 g/mol. The predicted octanol–water partition coefficient (Wildman–Crippen LogP) is 3.48. The molecular weight excluding hydrogens is 343 g/mol. The van der Waals surface area contributed by atoms with Gasteiger partial charge in [0.05, 0.1) is 18.1 Å². The minimum Gasteiger partial charge on any atom is -0.399 e. The van der Waals surface area contributed by atoms with Crippen LogP contribution in [0, 0.1) is 12.7 Å². The molecule has 0 amide bonds. The maximum atomic E-state index is 13.6. The van der Waals surface area contributed by atoms with Crippen molar-refractivity contribution in [3.63, 3.8) is 0 Å². The summed E-state index contributed by atoms with van der Waals surface area (Å²) in [4.78, 5) is 8.54. The van der Waals surface area contributed by atoms with Crippen molar-refractivity contribution < 1.29 is 4.39 Å². The number of aromatic nitrogens is 4. The molecule has 3 heterocycles. The lowest BCUT2D eigenvalue weighted by Gasteiger charge is -2.11. The number of aryl methyl sites for hydroxylation is 1. The van der Waals surface area contributed by atoms with Gasteiger partial charge in [-0.05, 0) is 37.1 Å². The molecule has 0 spiro atoms. The van der Waals surface area contributed by atoms with Crippen LogP contribution in [0.2, 0.25) is 0 Å². The largest absolute Gasteiger partial charge is 0.399 e. The van der Waals surface area contributed by atoms with E-state index in [1.54, 1.807) is 16.9 Å². The first-order valence-electron chi connectivity index (χ1n) is 8.65. The summed E-state index contributed by atoms with van der Waals surface area (Å²) in [6.45, 7) is 2.66. The number of pyridine rings is 1. The number of hydrogen-bond donors (Lipinski definition) is 2. The lowest BCUT2D eigenvalue weighted by atomic mass is 10.1. The smallest absolute Gasteiger partial charge is 0.160 e. The minimum atomic E-state index is -0.391. The van der Waals surface area contributed by atoms with E-state index in [-0.39, 0.29) is 0 Å².